The Bertz CT molecular complexity index is 621. The minimum Gasteiger partial charge on any atom is -0.321 e. The molecule has 1 aromatic carbocycles. The molecule has 106 valence electrons. The Morgan fingerprint density at radius 3 is 2.20 bits per heavy atom. The molecule has 0 fully saturated rings. The molecule has 2 aromatic rings. The van der Waals surface area contributed by atoms with Crippen LogP contribution in [-0.2, 0) is 18.3 Å². The average molecular weight is 267 g/mol. The number of rotatable bonds is 1. The molecule has 0 bridgehead atoms. The molecular weight excluding hydrogens is 242 g/mol. The molecule has 0 saturated heterocycles. The number of fused-ring (bicyclic) bond motifs is 1. The predicted octanol–water partition coefficient (Wildman–Crippen LogP) is 4.90. The van der Waals surface area contributed by atoms with Crippen molar-refractivity contribution >= 4 is 0 Å². The molecule has 1 nitrogen and oxygen atoms in total. The third kappa shape index (κ3) is 2.30. The van der Waals surface area contributed by atoms with E-state index in [-0.39, 0.29) is 5.41 Å². The highest BCUT2D eigenvalue weighted by molar-refractivity contribution is 5.43. The van der Waals surface area contributed by atoms with Gasteiger partial charge < -0.3 is 4.57 Å². The van der Waals surface area contributed by atoms with Crippen LogP contribution in [0.2, 0.25) is 0 Å². The van der Waals surface area contributed by atoms with Crippen LogP contribution < -0.4 is 0 Å². The highest BCUT2D eigenvalue weighted by atomic mass is 15.0. The van der Waals surface area contributed by atoms with Crippen molar-refractivity contribution in [3.8, 4) is 5.69 Å². The molecule has 20 heavy (non-hydrogen) atoms. The Morgan fingerprint density at radius 1 is 0.950 bits per heavy atom. The van der Waals surface area contributed by atoms with E-state index >= 15 is 0 Å². The van der Waals surface area contributed by atoms with Gasteiger partial charge in [-0.25, -0.2) is 0 Å². The number of benzene rings is 1. The number of aromatic nitrogens is 1. The molecule has 0 spiro atoms. The molecule has 0 amide bonds. The van der Waals surface area contributed by atoms with Crippen LogP contribution in [0.3, 0.4) is 0 Å². The van der Waals surface area contributed by atoms with Crippen molar-refractivity contribution in [3.05, 3.63) is 53.3 Å². The number of hydrogen-bond donors (Lipinski definition) is 0. The Morgan fingerprint density at radius 2 is 1.60 bits per heavy atom. The van der Waals surface area contributed by atoms with Gasteiger partial charge in [-0.1, -0.05) is 46.8 Å². The molecule has 3 rings (SSSR count). The maximum atomic E-state index is 2.37. The summed E-state index contributed by atoms with van der Waals surface area (Å²) in [5.41, 5.74) is 6.34. The molecular formula is C19H25N. The molecule has 1 heterocycles. The highest BCUT2D eigenvalue weighted by Gasteiger charge is 2.31. The third-order valence-corrected chi connectivity index (χ3v) is 4.41. The zero-order valence-corrected chi connectivity index (χ0v) is 13.3. The van der Waals surface area contributed by atoms with Gasteiger partial charge >= 0.3 is 0 Å². The van der Waals surface area contributed by atoms with Crippen LogP contribution in [0.15, 0.2) is 36.5 Å². The van der Waals surface area contributed by atoms with Gasteiger partial charge in [0, 0.05) is 17.6 Å². The van der Waals surface area contributed by atoms with E-state index < -0.39 is 0 Å². The summed E-state index contributed by atoms with van der Waals surface area (Å²) in [4.78, 5) is 0. The maximum absolute atomic E-state index is 2.37. The van der Waals surface area contributed by atoms with E-state index in [0.717, 1.165) is 0 Å². The van der Waals surface area contributed by atoms with Gasteiger partial charge in [0.05, 0.1) is 0 Å². The van der Waals surface area contributed by atoms with Crippen LogP contribution >= 0.6 is 0 Å². The average Bonchev–Trinajstić information content (AvgIpc) is 2.83. The van der Waals surface area contributed by atoms with Crippen molar-refractivity contribution in [2.24, 2.45) is 5.41 Å². The summed E-state index contributed by atoms with van der Waals surface area (Å²) in [6, 6.07) is 11.3. The van der Waals surface area contributed by atoms with Crippen LogP contribution in [0, 0.1) is 5.41 Å². The first-order chi connectivity index (χ1) is 9.26. The van der Waals surface area contributed by atoms with Gasteiger partial charge in [0.2, 0.25) is 0 Å². The topological polar surface area (TPSA) is 4.93 Å². The summed E-state index contributed by atoms with van der Waals surface area (Å²) in [5, 5.41) is 0. The molecule has 1 aliphatic carbocycles. The van der Waals surface area contributed by atoms with Gasteiger partial charge in [0.1, 0.15) is 0 Å². The van der Waals surface area contributed by atoms with Crippen molar-refractivity contribution < 1.29 is 0 Å². The van der Waals surface area contributed by atoms with Crippen molar-refractivity contribution in [2.75, 3.05) is 0 Å². The molecule has 0 radical (unpaired) electrons. The molecule has 0 aliphatic heterocycles. The SMILES string of the molecule is CC1(C)Cc2ccn(-c3ccc(C(C)(C)C)cc3)c2C1. The maximum Gasteiger partial charge on any atom is 0.0452 e. The molecule has 0 unspecified atom stereocenters. The fourth-order valence-corrected chi connectivity index (χ4v) is 3.26. The van der Waals surface area contributed by atoms with E-state index in [1.165, 1.54) is 35.3 Å². The van der Waals surface area contributed by atoms with E-state index in [4.69, 9.17) is 0 Å². The summed E-state index contributed by atoms with van der Waals surface area (Å²) in [7, 11) is 0. The van der Waals surface area contributed by atoms with Gasteiger partial charge in [0.25, 0.3) is 0 Å². The lowest BCUT2D eigenvalue weighted by Gasteiger charge is -2.20. The quantitative estimate of drug-likeness (QED) is 0.692. The first kappa shape index (κ1) is 13.5. The smallest absolute Gasteiger partial charge is 0.0452 e. The Kier molecular flexibility index (Phi) is 2.86. The van der Waals surface area contributed by atoms with Crippen LogP contribution in [0.1, 0.15) is 51.4 Å². The lowest BCUT2D eigenvalue weighted by atomic mass is 9.87. The number of hydrogen-bond acceptors (Lipinski definition) is 0. The lowest BCUT2D eigenvalue weighted by molar-refractivity contribution is 0.388. The summed E-state index contributed by atoms with van der Waals surface area (Å²) >= 11 is 0. The summed E-state index contributed by atoms with van der Waals surface area (Å²) in [6.07, 6.45) is 4.61. The second-order valence-electron chi connectivity index (χ2n) is 7.97. The van der Waals surface area contributed by atoms with Crippen molar-refractivity contribution in [3.63, 3.8) is 0 Å². The van der Waals surface area contributed by atoms with E-state index in [9.17, 15) is 0 Å². The Labute approximate surface area is 122 Å². The fraction of sp³-hybridized carbons (Fsp3) is 0.474. The molecule has 0 N–H and O–H groups in total. The monoisotopic (exact) mass is 267 g/mol. The first-order valence-electron chi connectivity index (χ1n) is 7.56. The normalized spacial score (nSPS) is 17.2. The summed E-state index contributed by atoms with van der Waals surface area (Å²) in [5.74, 6) is 0. The van der Waals surface area contributed by atoms with Gasteiger partial charge in [-0.05, 0) is 53.0 Å². The standard InChI is InChI=1S/C19H25N/c1-18(2,3)15-6-8-16(9-7-15)20-11-10-14-12-19(4,5)13-17(14)20/h6-11H,12-13H2,1-5H3. The first-order valence-corrected chi connectivity index (χ1v) is 7.56. The van der Waals surface area contributed by atoms with Gasteiger partial charge in [0.15, 0.2) is 0 Å². The van der Waals surface area contributed by atoms with E-state index in [2.05, 4.69) is 75.7 Å². The Balaban J connectivity index is 1.96. The van der Waals surface area contributed by atoms with Crippen molar-refractivity contribution in [2.45, 2.75) is 52.9 Å². The van der Waals surface area contributed by atoms with Crippen LogP contribution in [-0.4, -0.2) is 4.57 Å². The van der Waals surface area contributed by atoms with Crippen molar-refractivity contribution in [1.29, 1.82) is 0 Å². The van der Waals surface area contributed by atoms with Crippen LogP contribution in [0.25, 0.3) is 5.69 Å². The summed E-state index contributed by atoms with van der Waals surface area (Å²) in [6.45, 7) is 11.5. The van der Waals surface area contributed by atoms with E-state index in [1.54, 1.807) is 0 Å². The minimum atomic E-state index is 0.221. The van der Waals surface area contributed by atoms with E-state index in [0.29, 0.717) is 5.41 Å². The molecule has 1 heteroatoms. The second kappa shape index (κ2) is 4.25. The molecule has 1 aliphatic rings. The zero-order chi connectivity index (χ0) is 14.5. The second-order valence-corrected chi connectivity index (χ2v) is 7.97. The minimum absolute atomic E-state index is 0.221. The predicted molar refractivity (Wildman–Crippen MR) is 85.7 cm³/mol. The largest absolute Gasteiger partial charge is 0.321 e. The lowest BCUT2D eigenvalue weighted by Crippen LogP contribution is -2.12. The fourth-order valence-electron chi connectivity index (χ4n) is 3.26. The molecule has 0 atom stereocenters. The summed E-state index contributed by atoms with van der Waals surface area (Å²) < 4.78 is 2.37. The number of nitrogens with zero attached hydrogens (tertiary/aromatic N) is 1. The van der Waals surface area contributed by atoms with Gasteiger partial charge in [-0.15, -0.1) is 0 Å². The van der Waals surface area contributed by atoms with Gasteiger partial charge in [-0.2, -0.15) is 0 Å². The molecule has 1 aromatic heterocycles. The van der Waals surface area contributed by atoms with E-state index in [1.807, 2.05) is 0 Å². The zero-order valence-electron chi connectivity index (χ0n) is 13.3. The third-order valence-electron chi connectivity index (χ3n) is 4.41. The molecule has 0 saturated carbocycles. The highest BCUT2D eigenvalue weighted by Crippen LogP contribution is 2.38. The van der Waals surface area contributed by atoms with Crippen molar-refractivity contribution in [1.82, 2.24) is 4.57 Å². The van der Waals surface area contributed by atoms with Crippen LogP contribution in [0.5, 0.6) is 0 Å². The Hall–Kier alpha value is -1.50. The van der Waals surface area contributed by atoms with Gasteiger partial charge in [-0.3, -0.25) is 0 Å². The van der Waals surface area contributed by atoms with Crippen LogP contribution in [0.4, 0.5) is 0 Å².